The molecule has 0 N–H and O–H groups in total. The Balaban J connectivity index is 1.44. The molecule has 1 fully saturated rings. The van der Waals surface area contributed by atoms with Crippen LogP contribution >= 0.6 is 0 Å². The lowest BCUT2D eigenvalue weighted by atomic mass is 9.99. The van der Waals surface area contributed by atoms with Crippen molar-refractivity contribution in [1.82, 2.24) is 9.80 Å². The number of imide groups is 1. The van der Waals surface area contributed by atoms with E-state index in [2.05, 4.69) is 32.0 Å². The molecule has 5 nitrogen and oxygen atoms in total. The molecule has 2 aliphatic rings. The van der Waals surface area contributed by atoms with Crippen molar-refractivity contribution in [2.75, 3.05) is 13.1 Å². The van der Waals surface area contributed by atoms with E-state index in [0.717, 1.165) is 24.9 Å². The van der Waals surface area contributed by atoms with Gasteiger partial charge in [-0.25, -0.2) is 0 Å². The molecule has 28 heavy (non-hydrogen) atoms. The Morgan fingerprint density at radius 2 is 1.68 bits per heavy atom. The van der Waals surface area contributed by atoms with Crippen molar-refractivity contribution in [2.45, 2.75) is 39.2 Å². The average molecular weight is 376 g/mol. The van der Waals surface area contributed by atoms with E-state index in [1.807, 2.05) is 4.90 Å². The summed E-state index contributed by atoms with van der Waals surface area (Å²) in [4.78, 5) is 41.0. The highest BCUT2D eigenvalue weighted by Crippen LogP contribution is 2.33. The Morgan fingerprint density at radius 1 is 1.00 bits per heavy atom. The predicted octanol–water partition coefficient (Wildman–Crippen LogP) is 3.65. The van der Waals surface area contributed by atoms with Crippen LogP contribution in [0.2, 0.25) is 0 Å². The summed E-state index contributed by atoms with van der Waals surface area (Å²) in [6.45, 7) is 5.01. The van der Waals surface area contributed by atoms with Gasteiger partial charge in [-0.1, -0.05) is 30.3 Å². The van der Waals surface area contributed by atoms with Gasteiger partial charge < -0.3 is 4.90 Å². The van der Waals surface area contributed by atoms with Gasteiger partial charge in [0.25, 0.3) is 11.8 Å². The minimum atomic E-state index is -0.305. The maximum atomic E-state index is 12.9. The van der Waals surface area contributed by atoms with Crippen LogP contribution in [0.3, 0.4) is 0 Å². The average Bonchev–Trinajstić information content (AvgIpc) is 3.27. The van der Waals surface area contributed by atoms with E-state index < -0.39 is 0 Å². The summed E-state index contributed by atoms with van der Waals surface area (Å²) in [6, 6.07) is 13.3. The number of carbonyl (C=O) groups excluding carboxylic acids is 3. The second-order valence-electron chi connectivity index (χ2n) is 7.65. The van der Waals surface area contributed by atoms with Crippen molar-refractivity contribution in [3.05, 3.63) is 70.3 Å². The second-order valence-corrected chi connectivity index (χ2v) is 7.65. The molecule has 3 amide bonds. The lowest BCUT2D eigenvalue weighted by Crippen LogP contribution is -2.36. The molecular formula is C23H24N2O3. The lowest BCUT2D eigenvalue weighted by Gasteiger charge is -2.26. The summed E-state index contributed by atoms with van der Waals surface area (Å²) in [5.74, 6) is -0.613. The number of hydrogen-bond acceptors (Lipinski definition) is 3. The van der Waals surface area contributed by atoms with Gasteiger partial charge in [0, 0.05) is 19.5 Å². The molecular weight excluding hydrogens is 352 g/mol. The van der Waals surface area contributed by atoms with Crippen LogP contribution in [0.5, 0.6) is 0 Å². The molecule has 0 spiro atoms. The first-order valence-electron chi connectivity index (χ1n) is 9.79. The third-order valence-corrected chi connectivity index (χ3v) is 5.92. The molecule has 4 rings (SSSR count). The fraction of sp³-hybridized carbons (Fsp3) is 0.348. The Hall–Kier alpha value is -2.95. The van der Waals surface area contributed by atoms with Crippen LogP contribution in [0.1, 0.15) is 62.7 Å². The molecule has 2 aliphatic heterocycles. The third-order valence-electron chi connectivity index (χ3n) is 5.92. The molecule has 2 aromatic carbocycles. The van der Waals surface area contributed by atoms with Gasteiger partial charge in [0.2, 0.25) is 5.91 Å². The van der Waals surface area contributed by atoms with Crippen LogP contribution in [-0.2, 0) is 4.79 Å². The molecule has 5 heteroatoms. The van der Waals surface area contributed by atoms with E-state index >= 15 is 0 Å². The summed E-state index contributed by atoms with van der Waals surface area (Å²) < 4.78 is 0. The lowest BCUT2D eigenvalue weighted by molar-refractivity contribution is -0.132. The Bertz CT molecular complexity index is 931. The van der Waals surface area contributed by atoms with Crippen molar-refractivity contribution in [3.8, 4) is 0 Å². The van der Waals surface area contributed by atoms with E-state index in [0.29, 0.717) is 11.1 Å². The molecule has 0 aromatic heterocycles. The summed E-state index contributed by atoms with van der Waals surface area (Å²) in [5.41, 5.74) is 4.48. The van der Waals surface area contributed by atoms with Gasteiger partial charge in [-0.3, -0.25) is 19.3 Å². The summed E-state index contributed by atoms with van der Waals surface area (Å²) >= 11 is 0. The first-order valence-corrected chi connectivity index (χ1v) is 9.79. The summed E-state index contributed by atoms with van der Waals surface area (Å²) in [7, 11) is 0. The molecule has 1 saturated heterocycles. The van der Waals surface area contributed by atoms with Crippen LogP contribution in [0.15, 0.2) is 42.5 Å². The van der Waals surface area contributed by atoms with Gasteiger partial charge in [0.05, 0.1) is 17.2 Å². The first kappa shape index (κ1) is 18.4. The van der Waals surface area contributed by atoms with Crippen LogP contribution in [0.4, 0.5) is 0 Å². The minimum absolute atomic E-state index is 0.00251. The topological polar surface area (TPSA) is 57.7 Å². The second kappa shape index (κ2) is 7.23. The van der Waals surface area contributed by atoms with Gasteiger partial charge in [-0.05, 0) is 55.5 Å². The smallest absolute Gasteiger partial charge is 0.261 e. The molecule has 0 radical (unpaired) electrons. The number of hydrogen-bond donors (Lipinski definition) is 0. The number of benzene rings is 2. The maximum absolute atomic E-state index is 12.9. The van der Waals surface area contributed by atoms with Gasteiger partial charge in [-0.15, -0.1) is 0 Å². The number of aryl methyl sites for hydroxylation is 2. The highest BCUT2D eigenvalue weighted by Gasteiger charge is 2.36. The van der Waals surface area contributed by atoms with Crippen LogP contribution in [-0.4, -0.2) is 40.6 Å². The fourth-order valence-corrected chi connectivity index (χ4v) is 4.18. The third kappa shape index (κ3) is 3.11. The number of rotatable bonds is 4. The zero-order valence-corrected chi connectivity index (χ0v) is 16.3. The van der Waals surface area contributed by atoms with Gasteiger partial charge >= 0.3 is 0 Å². The monoisotopic (exact) mass is 376 g/mol. The van der Waals surface area contributed by atoms with E-state index in [1.165, 1.54) is 16.0 Å². The van der Waals surface area contributed by atoms with Gasteiger partial charge in [-0.2, -0.15) is 0 Å². The Morgan fingerprint density at radius 3 is 2.32 bits per heavy atom. The van der Waals surface area contributed by atoms with E-state index in [-0.39, 0.29) is 36.7 Å². The van der Waals surface area contributed by atoms with Crippen LogP contribution in [0, 0.1) is 13.8 Å². The zero-order chi connectivity index (χ0) is 19.8. The molecule has 1 unspecified atom stereocenters. The standard InChI is InChI=1S/C23H24N2O3/c1-15-9-10-17(14-16(15)2)20-8-5-12-24(20)21(26)11-13-25-22(27)18-6-3-4-7-19(18)23(25)28/h3-4,6-7,9-10,14,20H,5,8,11-13H2,1-2H3. The molecule has 0 saturated carbocycles. The largest absolute Gasteiger partial charge is 0.336 e. The quantitative estimate of drug-likeness (QED) is 0.766. The number of amides is 3. The van der Waals surface area contributed by atoms with Crippen LogP contribution in [0.25, 0.3) is 0 Å². The molecule has 0 bridgehead atoms. The zero-order valence-electron chi connectivity index (χ0n) is 16.3. The normalized spacial score (nSPS) is 18.7. The van der Waals surface area contributed by atoms with Crippen molar-refractivity contribution < 1.29 is 14.4 Å². The molecule has 0 aliphatic carbocycles. The van der Waals surface area contributed by atoms with Gasteiger partial charge in [0.1, 0.15) is 0 Å². The highest BCUT2D eigenvalue weighted by atomic mass is 16.2. The van der Waals surface area contributed by atoms with Crippen molar-refractivity contribution >= 4 is 17.7 Å². The number of likely N-dealkylation sites (tertiary alicyclic amines) is 1. The Kier molecular flexibility index (Phi) is 4.75. The van der Waals surface area contributed by atoms with Crippen LogP contribution < -0.4 is 0 Å². The minimum Gasteiger partial charge on any atom is -0.336 e. The first-order chi connectivity index (χ1) is 13.5. The van der Waals surface area contributed by atoms with E-state index in [1.54, 1.807) is 24.3 Å². The van der Waals surface area contributed by atoms with E-state index in [4.69, 9.17) is 0 Å². The number of fused-ring (bicyclic) bond motifs is 1. The highest BCUT2D eigenvalue weighted by molar-refractivity contribution is 6.21. The summed E-state index contributed by atoms with van der Waals surface area (Å²) in [6.07, 6.45) is 2.07. The Labute approximate surface area is 164 Å². The molecule has 2 heterocycles. The fourth-order valence-electron chi connectivity index (χ4n) is 4.18. The number of carbonyl (C=O) groups is 3. The number of nitrogens with zero attached hydrogens (tertiary/aromatic N) is 2. The van der Waals surface area contributed by atoms with Crippen molar-refractivity contribution in [3.63, 3.8) is 0 Å². The maximum Gasteiger partial charge on any atom is 0.261 e. The van der Waals surface area contributed by atoms with E-state index in [9.17, 15) is 14.4 Å². The van der Waals surface area contributed by atoms with Crippen molar-refractivity contribution in [2.24, 2.45) is 0 Å². The molecule has 1 atom stereocenters. The molecule has 2 aromatic rings. The summed E-state index contributed by atoms with van der Waals surface area (Å²) in [5, 5.41) is 0. The molecule has 144 valence electrons. The predicted molar refractivity (Wildman–Crippen MR) is 106 cm³/mol. The van der Waals surface area contributed by atoms with Gasteiger partial charge in [0.15, 0.2) is 0 Å². The van der Waals surface area contributed by atoms with Crippen molar-refractivity contribution in [1.29, 1.82) is 0 Å². The SMILES string of the molecule is Cc1ccc(C2CCCN2C(=O)CCN2C(=O)c3ccccc3C2=O)cc1C.